The summed E-state index contributed by atoms with van der Waals surface area (Å²) in [6.45, 7) is 0.174. The van der Waals surface area contributed by atoms with Crippen molar-refractivity contribution in [3.63, 3.8) is 0 Å². The zero-order valence-corrected chi connectivity index (χ0v) is 22.1. The van der Waals surface area contributed by atoms with Crippen LogP contribution in [0.1, 0.15) is 31.1 Å². The van der Waals surface area contributed by atoms with Gasteiger partial charge in [0.2, 0.25) is 5.95 Å². The largest absolute Gasteiger partial charge is 0.493 e. The Balaban J connectivity index is 1.41. The minimum Gasteiger partial charge on any atom is -0.493 e. The van der Waals surface area contributed by atoms with Gasteiger partial charge in [-0.05, 0) is 30.0 Å². The van der Waals surface area contributed by atoms with Crippen molar-refractivity contribution < 1.29 is 34.7 Å². The number of rotatable bonds is 12. The van der Waals surface area contributed by atoms with Gasteiger partial charge in [0, 0.05) is 18.5 Å². The topological polar surface area (TPSA) is 198 Å². The van der Waals surface area contributed by atoms with E-state index in [0.29, 0.717) is 30.8 Å². The van der Waals surface area contributed by atoms with Crippen molar-refractivity contribution in [3.05, 3.63) is 60.4 Å². The number of benzene rings is 2. The van der Waals surface area contributed by atoms with Crippen molar-refractivity contribution in [2.45, 2.75) is 50.3 Å². The lowest BCUT2D eigenvalue weighted by Gasteiger charge is -2.20. The summed E-state index contributed by atoms with van der Waals surface area (Å²) in [6, 6.07) is 15.6. The summed E-state index contributed by atoms with van der Waals surface area (Å²) in [6.07, 6.45) is -2.27. The van der Waals surface area contributed by atoms with Crippen molar-refractivity contribution in [1.29, 1.82) is 0 Å². The minimum atomic E-state index is -1.35. The molecule has 2 aromatic heterocycles. The average Bonchev–Trinajstić information content (AvgIpc) is 3.49. The van der Waals surface area contributed by atoms with Crippen LogP contribution in [0.5, 0.6) is 5.75 Å². The molecule has 13 heteroatoms. The molecule has 13 nitrogen and oxygen atoms in total. The molecular weight excluding hydrogens is 532 g/mol. The Morgan fingerprint density at radius 3 is 2.63 bits per heavy atom. The maximum Gasteiger partial charge on any atom is 0.303 e. The molecule has 7 N–H and O–H groups in total. The van der Waals surface area contributed by atoms with Gasteiger partial charge in [-0.1, -0.05) is 42.5 Å². The standard InChI is InChI=1S/C28H32N6O7/c29-25-22-26(32-15-31-25)34(27-24(39)23(38)20(14-35)41-27)28(33-22)30-13-16-9-10-18(17-6-2-1-3-7-17)19(12-16)40-11-5-4-8-21(36)37/h1-3,6-7,9-10,12,15,20,23-24,27,35,38-39H,4-5,8,11,13-14H2,(H,30,33)(H,36,37)(H2,29,31,32)/t20-,23-,24-,27-/m1/s1. The highest BCUT2D eigenvalue weighted by Gasteiger charge is 2.45. The predicted molar refractivity (Wildman–Crippen MR) is 149 cm³/mol. The molecule has 2 aromatic carbocycles. The van der Waals surface area contributed by atoms with Crippen LogP contribution in [0, 0.1) is 0 Å². The molecule has 5 rings (SSSR count). The lowest BCUT2D eigenvalue weighted by atomic mass is 10.0. The van der Waals surface area contributed by atoms with Gasteiger partial charge >= 0.3 is 5.97 Å². The molecule has 0 aliphatic carbocycles. The van der Waals surface area contributed by atoms with E-state index in [1.54, 1.807) is 0 Å². The van der Waals surface area contributed by atoms with E-state index in [-0.39, 0.29) is 30.2 Å². The average molecular weight is 565 g/mol. The second-order valence-corrected chi connectivity index (χ2v) is 9.71. The molecule has 0 amide bonds. The number of aliphatic carboxylic acids is 1. The molecule has 1 saturated heterocycles. The van der Waals surface area contributed by atoms with E-state index in [4.69, 9.17) is 20.3 Å². The molecule has 0 spiro atoms. The van der Waals surface area contributed by atoms with Crippen molar-refractivity contribution in [2.75, 3.05) is 24.3 Å². The number of ether oxygens (including phenoxy) is 2. The number of anilines is 2. The van der Waals surface area contributed by atoms with E-state index in [1.807, 2.05) is 48.5 Å². The molecule has 1 fully saturated rings. The lowest BCUT2D eigenvalue weighted by molar-refractivity contribution is -0.137. The first-order valence-corrected chi connectivity index (χ1v) is 13.2. The number of aromatic nitrogens is 4. The highest BCUT2D eigenvalue weighted by Crippen LogP contribution is 2.36. The summed E-state index contributed by atoms with van der Waals surface area (Å²) in [5.74, 6) is 0.219. The number of nitrogens with one attached hydrogen (secondary N) is 1. The van der Waals surface area contributed by atoms with Gasteiger partial charge in [0.1, 0.15) is 30.4 Å². The molecule has 41 heavy (non-hydrogen) atoms. The van der Waals surface area contributed by atoms with Gasteiger partial charge in [0.15, 0.2) is 23.2 Å². The first-order valence-electron chi connectivity index (χ1n) is 13.2. The van der Waals surface area contributed by atoms with Gasteiger partial charge in [-0.25, -0.2) is 15.0 Å². The number of carbonyl (C=O) groups is 1. The van der Waals surface area contributed by atoms with E-state index in [0.717, 1.165) is 16.7 Å². The van der Waals surface area contributed by atoms with Crippen LogP contribution in [0.3, 0.4) is 0 Å². The number of aliphatic hydroxyl groups excluding tert-OH is 3. The fourth-order valence-corrected chi connectivity index (χ4v) is 4.78. The molecule has 0 saturated carbocycles. The lowest BCUT2D eigenvalue weighted by Crippen LogP contribution is -2.33. The maximum absolute atomic E-state index is 10.8. The summed E-state index contributed by atoms with van der Waals surface area (Å²) in [5, 5.41) is 42.8. The first kappa shape index (κ1) is 28.2. The molecule has 1 aliphatic heterocycles. The van der Waals surface area contributed by atoms with Gasteiger partial charge in [-0.3, -0.25) is 9.36 Å². The predicted octanol–water partition coefficient (Wildman–Crippen LogP) is 1.93. The molecule has 1 aliphatic rings. The Labute approximate surface area is 235 Å². The van der Waals surface area contributed by atoms with Crippen LogP contribution >= 0.6 is 0 Å². The zero-order chi connectivity index (χ0) is 28.9. The summed E-state index contributed by atoms with van der Waals surface area (Å²) in [4.78, 5) is 23.6. The highest BCUT2D eigenvalue weighted by molar-refractivity contribution is 5.84. The van der Waals surface area contributed by atoms with E-state index in [1.165, 1.54) is 10.9 Å². The van der Waals surface area contributed by atoms with Crippen molar-refractivity contribution in [1.82, 2.24) is 19.5 Å². The minimum absolute atomic E-state index is 0.0875. The Kier molecular flexibility index (Phi) is 8.59. The van der Waals surface area contributed by atoms with Crippen LogP contribution in [0.15, 0.2) is 54.9 Å². The smallest absolute Gasteiger partial charge is 0.303 e. The molecule has 3 heterocycles. The molecule has 4 aromatic rings. The summed E-state index contributed by atoms with van der Waals surface area (Å²) < 4.78 is 13.4. The Morgan fingerprint density at radius 1 is 1.10 bits per heavy atom. The molecular formula is C28H32N6O7. The van der Waals surface area contributed by atoms with Crippen LogP contribution in [0.25, 0.3) is 22.3 Å². The van der Waals surface area contributed by atoms with Crippen LogP contribution in [0.2, 0.25) is 0 Å². The SMILES string of the molecule is Nc1ncnc2c1nc(NCc1ccc(-c3ccccc3)c(OCCCCC(=O)O)c1)n2[C@@H]1O[C@H](CO)[C@@H](O)[C@H]1O. The molecule has 4 atom stereocenters. The number of carboxylic acids is 1. The Bertz CT molecular complexity index is 1500. The quantitative estimate of drug-likeness (QED) is 0.137. The number of fused-ring (bicyclic) bond motifs is 1. The highest BCUT2D eigenvalue weighted by atomic mass is 16.6. The van der Waals surface area contributed by atoms with Crippen LogP contribution in [-0.2, 0) is 16.1 Å². The third kappa shape index (κ3) is 6.07. The van der Waals surface area contributed by atoms with Crippen molar-refractivity contribution in [3.8, 4) is 16.9 Å². The number of aliphatic hydroxyl groups is 3. The number of nitrogens with two attached hydrogens (primary N) is 1. The Morgan fingerprint density at radius 2 is 1.90 bits per heavy atom. The molecule has 0 unspecified atom stereocenters. The van der Waals surface area contributed by atoms with E-state index in [2.05, 4.69) is 20.3 Å². The molecule has 0 radical (unpaired) electrons. The second kappa shape index (κ2) is 12.5. The number of imidazole rings is 1. The normalized spacial score (nSPS) is 20.4. The second-order valence-electron chi connectivity index (χ2n) is 9.71. The zero-order valence-electron chi connectivity index (χ0n) is 22.1. The third-order valence-electron chi connectivity index (χ3n) is 6.90. The van der Waals surface area contributed by atoms with Crippen molar-refractivity contribution >= 4 is 28.9 Å². The molecule has 0 bridgehead atoms. The van der Waals surface area contributed by atoms with Crippen LogP contribution in [-0.4, -0.2) is 77.4 Å². The number of hydrogen-bond donors (Lipinski definition) is 6. The number of carboxylic acid groups (broad SMARTS) is 1. The third-order valence-corrected chi connectivity index (χ3v) is 6.90. The summed E-state index contributed by atoms with van der Waals surface area (Å²) in [7, 11) is 0. The monoisotopic (exact) mass is 564 g/mol. The summed E-state index contributed by atoms with van der Waals surface area (Å²) in [5.41, 5.74) is 9.35. The van der Waals surface area contributed by atoms with E-state index in [9.17, 15) is 20.1 Å². The maximum atomic E-state index is 10.8. The van der Waals surface area contributed by atoms with Gasteiger partial charge in [0.25, 0.3) is 0 Å². The molecule has 216 valence electrons. The first-order chi connectivity index (χ1) is 19.9. The van der Waals surface area contributed by atoms with E-state index >= 15 is 0 Å². The summed E-state index contributed by atoms with van der Waals surface area (Å²) >= 11 is 0. The van der Waals surface area contributed by atoms with E-state index < -0.39 is 37.1 Å². The number of nitrogen functional groups attached to an aromatic ring is 1. The number of nitrogens with zero attached hydrogens (tertiary/aromatic N) is 4. The van der Waals surface area contributed by atoms with Crippen molar-refractivity contribution in [2.24, 2.45) is 0 Å². The van der Waals surface area contributed by atoms with Gasteiger partial charge in [0.05, 0.1) is 13.2 Å². The van der Waals surface area contributed by atoms with Crippen LogP contribution < -0.4 is 15.8 Å². The number of unbranched alkanes of at least 4 members (excludes halogenated alkanes) is 1. The number of hydrogen-bond acceptors (Lipinski definition) is 11. The van der Waals surface area contributed by atoms with Crippen LogP contribution in [0.4, 0.5) is 11.8 Å². The fourth-order valence-electron chi connectivity index (χ4n) is 4.78. The van der Waals surface area contributed by atoms with Gasteiger partial charge in [-0.15, -0.1) is 0 Å². The Hall–Kier alpha value is -4.30. The fraction of sp³-hybridized carbons (Fsp3) is 0.357. The van der Waals surface area contributed by atoms with Gasteiger partial charge in [-0.2, -0.15) is 0 Å². The van der Waals surface area contributed by atoms with Gasteiger partial charge < -0.3 is 41.0 Å².